The molecule has 0 saturated heterocycles. The molecule has 0 fully saturated rings. The van der Waals surface area contributed by atoms with Crippen molar-refractivity contribution in [1.82, 2.24) is 4.98 Å². The molecule has 1 heterocycles. The number of halogens is 1. The SMILES string of the molecule is CN(CCc1ccccc1)c1nc(Cl)c(C=O)s1. The van der Waals surface area contributed by atoms with E-state index in [4.69, 9.17) is 11.6 Å². The summed E-state index contributed by atoms with van der Waals surface area (Å²) in [6, 6.07) is 10.3. The predicted molar refractivity (Wildman–Crippen MR) is 75.9 cm³/mol. The highest BCUT2D eigenvalue weighted by Gasteiger charge is 2.11. The number of aldehydes is 1. The molecule has 0 atom stereocenters. The largest absolute Gasteiger partial charge is 0.351 e. The van der Waals surface area contributed by atoms with Crippen molar-refractivity contribution in [3.8, 4) is 0 Å². The highest BCUT2D eigenvalue weighted by molar-refractivity contribution is 7.17. The summed E-state index contributed by atoms with van der Waals surface area (Å²) in [7, 11) is 1.95. The van der Waals surface area contributed by atoms with Gasteiger partial charge in [0.25, 0.3) is 0 Å². The normalized spacial score (nSPS) is 10.3. The average molecular weight is 281 g/mol. The van der Waals surface area contributed by atoms with E-state index in [0.717, 1.165) is 24.4 Å². The van der Waals surface area contributed by atoms with E-state index in [-0.39, 0.29) is 5.15 Å². The van der Waals surface area contributed by atoms with E-state index >= 15 is 0 Å². The van der Waals surface area contributed by atoms with Gasteiger partial charge in [0.2, 0.25) is 0 Å². The summed E-state index contributed by atoms with van der Waals surface area (Å²) in [4.78, 5) is 17.4. The van der Waals surface area contributed by atoms with Crippen molar-refractivity contribution in [1.29, 1.82) is 0 Å². The Hall–Kier alpha value is -1.39. The molecule has 0 spiro atoms. The number of benzene rings is 1. The standard InChI is InChI=1S/C13H13ClN2OS/c1-16(8-7-10-5-3-2-4-6-10)13-15-12(14)11(9-17)18-13/h2-6,9H,7-8H2,1H3. The van der Waals surface area contributed by atoms with E-state index < -0.39 is 0 Å². The number of nitrogens with zero attached hydrogens (tertiary/aromatic N) is 2. The minimum Gasteiger partial charge on any atom is -0.351 e. The molecule has 0 aliphatic carbocycles. The Morgan fingerprint density at radius 1 is 1.39 bits per heavy atom. The molecular weight excluding hydrogens is 268 g/mol. The van der Waals surface area contributed by atoms with Crippen molar-refractivity contribution in [2.45, 2.75) is 6.42 Å². The first kappa shape index (κ1) is 13.1. The van der Waals surface area contributed by atoms with Gasteiger partial charge < -0.3 is 4.90 Å². The van der Waals surface area contributed by atoms with Gasteiger partial charge in [-0.1, -0.05) is 53.3 Å². The molecule has 18 heavy (non-hydrogen) atoms. The lowest BCUT2D eigenvalue weighted by molar-refractivity contribution is 0.112. The van der Waals surface area contributed by atoms with Crippen LogP contribution < -0.4 is 4.90 Å². The van der Waals surface area contributed by atoms with E-state index in [0.29, 0.717) is 4.88 Å². The van der Waals surface area contributed by atoms with Gasteiger partial charge in [-0.05, 0) is 12.0 Å². The summed E-state index contributed by atoms with van der Waals surface area (Å²) < 4.78 is 0. The second-order valence-electron chi connectivity index (χ2n) is 3.93. The maximum Gasteiger partial charge on any atom is 0.187 e. The molecule has 2 rings (SSSR count). The maximum absolute atomic E-state index is 10.7. The fourth-order valence-corrected chi connectivity index (χ4v) is 2.62. The molecule has 0 aliphatic rings. The van der Waals surface area contributed by atoms with Gasteiger partial charge in [0, 0.05) is 13.6 Å². The molecule has 1 aromatic heterocycles. The van der Waals surface area contributed by atoms with Crippen LogP contribution in [-0.2, 0) is 6.42 Å². The van der Waals surface area contributed by atoms with E-state index in [1.54, 1.807) is 0 Å². The number of thiazole rings is 1. The number of likely N-dealkylation sites (N-methyl/N-ethyl adjacent to an activating group) is 1. The third-order valence-corrected chi connectivity index (χ3v) is 4.11. The summed E-state index contributed by atoms with van der Waals surface area (Å²) in [6.45, 7) is 0.839. The van der Waals surface area contributed by atoms with E-state index in [2.05, 4.69) is 17.1 Å². The zero-order valence-corrected chi connectivity index (χ0v) is 11.5. The Labute approximate surface area is 115 Å². The summed E-state index contributed by atoms with van der Waals surface area (Å²) in [5.41, 5.74) is 1.28. The van der Waals surface area contributed by atoms with E-state index in [9.17, 15) is 4.79 Å². The molecular formula is C13H13ClN2OS. The number of anilines is 1. The Balaban J connectivity index is 1.99. The highest BCUT2D eigenvalue weighted by Crippen LogP contribution is 2.27. The van der Waals surface area contributed by atoms with Crippen LogP contribution in [-0.4, -0.2) is 24.9 Å². The monoisotopic (exact) mass is 280 g/mol. The number of hydrogen-bond donors (Lipinski definition) is 0. The fraction of sp³-hybridized carbons (Fsp3) is 0.231. The van der Waals surface area contributed by atoms with Crippen LogP contribution in [0.15, 0.2) is 30.3 Å². The third-order valence-electron chi connectivity index (χ3n) is 2.61. The molecule has 0 unspecified atom stereocenters. The van der Waals surface area contributed by atoms with Gasteiger partial charge in [-0.2, -0.15) is 0 Å². The Morgan fingerprint density at radius 2 is 2.11 bits per heavy atom. The second-order valence-corrected chi connectivity index (χ2v) is 5.29. The van der Waals surface area contributed by atoms with Gasteiger partial charge in [-0.15, -0.1) is 0 Å². The molecule has 3 nitrogen and oxygen atoms in total. The molecule has 0 N–H and O–H groups in total. The summed E-state index contributed by atoms with van der Waals surface area (Å²) in [6.07, 6.45) is 1.68. The van der Waals surface area contributed by atoms with E-state index in [1.807, 2.05) is 30.1 Å². The van der Waals surface area contributed by atoms with Crippen molar-refractivity contribution >= 4 is 34.4 Å². The van der Waals surface area contributed by atoms with Crippen LogP contribution in [0.3, 0.4) is 0 Å². The number of hydrogen-bond acceptors (Lipinski definition) is 4. The first-order valence-electron chi connectivity index (χ1n) is 5.57. The van der Waals surface area contributed by atoms with Gasteiger partial charge in [0.1, 0.15) is 4.88 Å². The van der Waals surface area contributed by atoms with Crippen LogP contribution in [0.2, 0.25) is 5.15 Å². The topological polar surface area (TPSA) is 33.2 Å². The molecule has 0 bridgehead atoms. The Morgan fingerprint density at radius 3 is 2.72 bits per heavy atom. The van der Waals surface area contributed by atoms with Gasteiger partial charge in [0.15, 0.2) is 16.6 Å². The Kier molecular flexibility index (Phi) is 4.33. The number of rotatable bonds is 5. The minimum absolute atomic E-state index is 0.288. The highest BCUT2D eigenvalue weighted by atomic mass is 35.5. The summed E-state index contributed by atoms with van der Waals surface area (Å²) >= 11 is 7.17. The average Bonchev–Trinajstić information content (AvgIpc) is 2.78. The summed E-state index contributed by atoms with van der Waals surface area (Å²) in [5.74, 6) is 0. The fourth-order valence-electron chi connectivity index (χ4n) is 1.58. The van der Waals surface area contributed by atoms with Gasteiger partial charge in [-0.3, -0.25) is 4.79 Å². The van der Waals surface area contributed by atoms with Crippen molar-refractivity contribution in [2.75, 3.05) is 18.5 Å². The molecule has 0 saturated carbocycles. The zero-order chi connectivity index (χ0) is 13.0. The van der Waals surface area contributed by atoms with Crippen molar-refractivity contribution in [3.05, 3.63) is 45.9 Å². The Bertz CT molecular complexity index is 527. The van der Waals surface area contributed by atoms with Gasteiger partial charge >= 0.3 is 0 Å². The molecule has 2 aromatic rings. The number of aromatic nitrogens is 1. The molecule has 0 radical (unpaired) electrons. The quantitative estimate of drug-likeness (QED) is 0.788. The van der Waals surface area contributed by atoms with Crippen LogP contribution in [0, 0.1) is 0 Å². The van der Waals surface area contributed by atoms with E-state index in [1.165, 1.54) is 16.9 Å². The van der Waals surface area contributed by atoms with Crippen LogP contribution >= 0.6 is 22.9 Å². The third kappa shape index (κ3) is 3.09. The first-order chi connectivity index (χ1) is 8.70. The van der Waals surface area contributed by atoms with Gasteiger partial charge in [-0.25, -0.2) is 4.98 Å². The maximum atomic E-state index is 10.7. The lowest BCUT2D eigenvalue weighted by Crippen LogP contribution is -2.19. The molecule has 0 amide bonds. The molecule has 1 aromatic carbocycles. The first-order valence-corrected chi connectivity index (χ1v) is 6.76. The molecule has 94 valence electrons. The van der Waals surface area contributed by atoms with Crippen LogP contribution in [0.1, 0.15) is 15.2 Å². The summed E-state index contributed by atoms with van der Waals surface area (Å²) in [5, 5.41) is 1.06. The van der Waals surface area contributed by atoms with Crippen molar-refractivity contribution < 1.29 is 4.79 Å². The van der Waals surface area contributed by atoms with Crippen LogP contribution in [0.4, 0.5) is 5.13 Å². The van der Waals surface area contributed by atoms with Crippen molar-refractivity contribution in [2.24, 2.45) is 0 Å². The zero-order valence-electron chi connectivity index (χ0n) is 9.97. The van der Waals surface area contributed by atoms with Crippen LogP contribution in [0.5, 0.6) is 0 Å². The lowest BCUT2D eigenvalue weighted by Gasteiger charge is -2.15. The van der Waals surface area contributed by atoms with Gasteiger partial charge in [0.05, 0.1) is 0 Å². The van der Waals surface area contributed by atoms with Crippen LogP contribution in [0.25, 0.3) is 0 Å². The second kappa shape index (κ2) is 5.98. The van der Waals surface area contributed by atoms with Crippen molar-refractivity contribution in [3.63, 3.8) is 0 Å². The predicted octanol–water partition coefficient (Wildman–Crippen LogP) is 3.29. The number of carbonyl (C=O) groups is 1. The smallest absolute Gasteiger partial charge is 0.187 e. The molecule has 0 aliphatic heterocycles. The molecule has 5 heteroatoms. The number of carbonyl (C=O) groups excluding carboxylic acids is 1. The lowest BCUT2D eigenvalue weighted by atomic mass is 10.1. The minimum atomic E-state index is 0.288.